The van der Waals surface area contributed by atoms with Crippen LogP contribution in [0.3, 0.4) is 0 Å². The molecule has 1 amide bonds. The van der Waals surface area contributed by atoms with Crippen molar-refractivity contribution in [3.8, 4) is 16.6 Å². The summed E-state index contributed by atoms with van der Waals surface area (Å²) in [5, 5.41) is 15.6. The lowest BCUT2D eigenvalue weighted by Crippen LogP contribution is -2.36. The van der Waals surface area contributed by atoms with E-state index in [1.54, 1.807) is 28.4 Å². The number of nitrogens with zero attached hydrogens (tertiary/aromatic N) is 3. The van der Waals surface area contributed by atoms with E-state index in [2.05, 4.69) is 11.1 Å². The van der Waals surface area contributed by atoms with Crippen LogP contribution in [0.5, 0.6) is 0 Å². The van der Waals surface area contributed by atoms with Crippen molar-refractivity contribution in [2.75, 3.05) is 0 Å². The number of hydrogen-bond acceptors (Lipinski definition) is 5. The maximum absolute atomic E-state index is 12.9. The molecule has 0 saturated carbocycles. The Morgan fingerprint density at radius 3 is 2.60 bits per heavy atom. The van der Waals surface area contributed by atoms with Gasteiger partial charge in [0.2, 0.25) is 0 Å². The second-order valence-electron chi connectivity index (χ2n) is 5.89. The van der Waals surface area contributed by atoms with E-state index in [1.165, 1.54) is 11.3 Å². The summed E-state index contributed by atoms with van der Waals surface area (Å²) in [5.41, 5.74) is 3.14. The zero-order valence-electron chi connectivity index (χ0n) is 14.0. The van der Waals surface area contributed by atoms with Crippen LogP contribution < -0.4 is 0 Å². The highest BCUT2D eigenvalue weighted by atomic mass is 32.1. The first kappa shape index (κ1) is 17.3. The molecule has 126 valence electrons. The average Bonchev–Trinajstić information content (AvgIpc) is 3.30. The van der Waals surface area contributed by atoms with Gasteiger partial charge in [-0.2, -0.15) is 16.6 Å². The van der Waals surface area contributed by atoms with E-state index < -0.39 is 0 Å². The lowest BCUT2D eigenvalue weighted by molar-refractivity contribution is 0.0685. The summed E-state index contributed by atoms with van der Waals surface area (Å²) in [6, 6.07) is 11.5. The number of nitriles is 1. The number of amides is 1. The Hall–Kier alpha value is -2.49. The molecule has 0 unspecified atom stereocenters. The van der Waals surface area contributed by atoms with E-state index in [9.17, 15) is 4.79 Å². The van der Waals surface area contributed by atoms with E-state index in [0.29, 0.717) is 17.8 Å². The summed E-state index contributed by atoms with van der Waals surface area (Å²) in [5.74, 6) is -0.0721. The van der Waals surface area contributed by atoms with E-state index in [1.807, 2.05) is 48.2 Å². The number of thiazole rings is 1. The third-order valence-corrected chi connectivity index (χ3v) is 5.39. The zero-order valence-corrected chi connectivity index (χ0v) is 15.6. The number of hydrogen-bond donors (Lipinski definition) is 0. The summed E-state index contributed by atoms with van der Waals surface area (Å²) in [4.78, 5) is 19.2. The van der Waals surface area contributed by atoms with Crippen LogP contribution in [0, 0.1) is 11.3 Å². The number of aromatic nitrogens is 1. The minimum absolute atomic E-state index is 0.0504. The van der Waals surface area contributed by atoms with Gasteiger partial charge in [0, 0.05) is 28.9 Å². The molecule has 0 bridgehead atoms. The van der Waals surface area contributed by atoms with Crippen LogP contribution in [0.1, 0.15) is 35.5 Å². The van der Waals surface area contributed by atoms with E-state index >= 15 is 0 Å². The lowest BCUT2D eigenvalue weighted by atomic mass is 10.1. The Kier molecular flexibility index (Phi) is 5.27. The van der Waals surface area contributed by atoms with Gasteiger partial charge in [-0.05, 0) is 43.0 Å². The van der Waals surface area contributed by atoms with Crippen LogP contribution in [0.4, 0.5) is 0 Å². The Morgan fingerprint density at radius 2 is 2.00 bits per heavy atom. The van der Waals surface area contributed by atoms with Gasteiger partial charge in [0.05, 0.1) is 11.6 Å². The molecule has 0 atom stereocenters. The molecule has 4 nitrogen and oxygen atoms in total. The molecule has 3 rings (SSSR count). The normalized spacial score (nSPS) is 10.6. The van der Waals surface area contributed by atoms with Crippen molar-refractivity contribution in [3.63, 3.8) is 0 Å². The minimum Gasteiger partial charge on any atom is -0.331 e. The van der Waals surface area contributed by atoms with Crippen LogP contribution in [0.15, 0.2) is 46.5 Å². The Balaban J connectivity index is 1.80. The molecule has 0 radical (unpaired) electrons. The lowest BCUT2D eigenvalue weighted by Gasteiger charge is -2.26. The number of rotatable bonds is 5. The number of carbonyl (C=O) groups is 1. The van der Waals surface area contributed by atoms with Crippen molar-refractivity contribution in [2.45, 2.75) is 26.4 Å². The molecule has 1 aromatic carbocycles. The fraction of sp³-hybridized carbons (Fsp3) is 0.211. The maximum Gasteiger partial charge on any atom is 0.273 e. The first-order valence-corrected chi connectivity index (χ1v) is 9.69. The van der Waals surface area contributed by atoms with Gasteiger partial charge in [0.1, 0.15) is 10.7 Å². The van der Waals surface area contributed by atoms with E-state index in [0.717, 1.165) is 16.1 Å². The average molecular weight is 367 g/mol. The summed E-state index contributed by atoms with van der Waals surface area (Å²) in [6.45, 7) is 4.48. The molecule has 25 heavy (non-hydrogen) atoms. The van der Waals surface area contributed by atoms with Crippen molar-refractivity contribution in [1.82, 2.24) is 9.88 Å². The van der Waals surface area contributed by atoms with Gasteiger partial charge >= 0.3 is 0 Å². The molecule has 6 heteroatoms. The molecule has 0 aliphatic carbocycles. The van der Waals surface area contributed by atoms with Gasteiger partial charge in [-0.25, -0.2) is 4.98 Å². The summed E-state index contributed by atoms with van der Waals surface area (Å²) >= 11 is 3.10. The van der Waals surface area contributed by atoms with Crippen molar-refractivity contribution in [3.05, 3.63) is 63.3 Å². The number of benzene rings is 1. The molecule has 0 spiro atoms. The van der Waals surface area contributed by atoms with Crippen molar-refractivity contribution >= 4 is 28.6 Å². The highest BCUT2D eigenvalue weighted by molar-refractivity contribution is 7.14. The van der Waals surface area contributed by atoms with Crippen molar-refractivity contribution in [2.24, 2.45) is 0 Å². The molecular formula is C19H17N3OS2. The monoisotopic (exact) mass is 367 g/mol. The SMILES string of the molecule is CC(C)N(Cc1ccc(C#N)cc1)C(=O)c1csc(-c2ccsc2)n1. The first-order valence-electron chi connectivity index (χ1n) is 7.86. The maximum atomic E-state index is 12.9. The number of carbonyl (C=O) groups excluding carboxylic acids is 1. The largest absolute Gasteiger partial charge is 0.331 e. The summed E-state index contributed by atoms with van der Waals surface area (Å²) in [6.07, 6.45) is 0. The van der Waals surface area contributed by atoms with Crippen molar-refractivity contribution in [1.29, 1.82) is 5.26 Å². The Morgan fingerprint density at radius 1 is 1.24 bits per heavy atom. The molecule has 0 aliphatic rings. The molecular weight excluding hydrogens is 350 g/mol. The van der Waals surface area contributed by atoms with Gasteiger partial charge < -0.3 is 4.90 Å². The second-order valence-corrected chi connectivity index (χ2v) is 7.52. The first-order chi connectivity index (χ1) is 12.1. The van der Waals surface area contributed by atoms with Gasteiger partial charge in [-0.15, -0.1) is 11.3 Å². The zero-order chi connectivity index (χ0) is 17.8. The predicted molar refractivity (Wildman–Crippen MR) is 102 cm³/mol. The molecule has 3 aromatic rings. The minimum atomic E-state index is -0.0721. The Labute approximate surface area is 155 Å². The van der Waals surface area contributed by atoms with Gasteiger partial charge in [-0.3, -0.25) is 4.79 Å². The fourth-order valence-corrected chi connectivity index (χ4v) is 3.91. The van der Waals surface area contributed by atoms with Gasteiger partial charge in [-0.1, -0.05) is 12.1 Å². The van der Waals surface area contributed by atoms with Crippen LogP contribution in [0.25, 0.3) is 10.6 Å². The van der Waals surface area contributed by atoms with Gasteiger partial charge in [0.25, 0.3) is 5.91 Å². The quantitative estimate of drug-likeness (QED) is 0.651. The van der Waals surface area contributed by atoms with E-state index in [-0.39, 0.29) is 11.9 Å². The highest BCUT2D eigenvalue weighted by Crippen LogP contribution is 2.26. The topological polar surface area (TPSA) is 57.0 Å². The third kappa shape index (κ3) is 3.95. The van der Waals surface area contributed by atoms with Gasteiger partial charge in [0.15, 0.2) is 0 Å². The van der Waals surface area contributed by atoms with Crippen LogP contribution in [0.2, 0.25) is 0 Å². The molecule has 2 heterocycles. The summed E-state index contributed by atoms with van der Waals surface area (Å²) < 4.78 is 0. The van der Waals surface area contributed by atoms with Crippen LogP contribution in [-0.2, 0) is 6.54 Å². The summed E-state index contributed by atoms with van der Waals surface area (Å²) in [7, 11) is 0. The standard InChI is InChI=1S/C19H17N3OS2/c1-13(2)22(10-15-5-3-14(9-20)4-6-15)19(23)17-12-25-18(21-17)16-7-8-24-11-16/h3-8,11-13H,10H2,1-2H3. The third-order valence-electron chi connectivity index (χ3n) is 3.81. The molecule has 0 saturated heterocycles. The molecule has 2 aromatic heterocycles. The predicted octanol–water partition coefficient (Wildman–Crippen LogP) is 4.79. The second kappa shape index (κ2) is 7.60. The smallest absolute Gasteiger partial charge is 0.273 e. The fourth-order valence-electron chi connectivity index (χ4n) is 2.41. The van der Waals surface area contributed by atoms with Crippen LogP contribution >= 0.6 is 22.7 Å². The molecule has 0 fully saturated rings. The van der Waals surface area contributed by atoms with E-state index in [4.69, 9.17) is 5.26 Å². The Bertz CT molecular complexity index is 890. The van der Waals surface area contributed by atoms with Crippen LogP contribution in [-0.4, -0.2) is 21.8 Å². The van der Waals surface area contributed by atoms with Crippen molar-refractivity contribution < 1.29 is 4.79 Å². The number of thiophene rings is 1. The molecule has 0 N–H and O–H groups in total. The highest BCUT2D eigenvalue weighted by Gasteiger charge is 2.22. The molecule has 0 aliphatic heterocycles.